The predicted octanol–water partition coefficient (Wildman–Crippen LogP) is 4.37. The number of alkyl halides is 3. The highest BCUT2D eigenvalue weighted by molar-refractivity contribution is 5.67. The molecule has 102 valence electrons. The maximum Gasteiger partial charge on any atom is 0.573 e. The van der Waals surface area contributed by atoms with E-state index in [1.807, 2.05) is 0 Å². The van der Waals surface area contributed by atoms with Crippen molar-refractivity contribution >= 4 is 0 Å². The van der Waals surface area contributed by atoms with Crippen LogP contribution in [0.4, 0.5) is 17.6 Å². The fraction of sp³-hybridized carbons (Fsp3) is 0.0667. The molecule has 0 heterocycles. The van der Waals surface area contributed by atoms with Crippen molar-refractivity contribution in [3.8, 4) is 29.2 Å². The Morgan fingerprint density at radius 1 is 1.05 bits per heavy atom. The van der Waals surface area contributed by atoms with E-state index in [-0.39, 0.29) is 11.1 Å². The first-order valence-electron chi connectivity index (χ1n) is 5.51. The maximum absolute atomic E-state index is 13.7. The van der Waals surface area contributed by atoms with Gasteiger partial charge in [0.05, 0.1) is 0 Å². The molecule has 0 saturated heterocycles. The third-order valence-electron chi connectivity index (χ3n) is 2.51. The molecular weight excluding hydrogens is 272 g/mol. The van der Waals surface area contributed by atoms with Crippen LogP contribution < -0.4 is 4.74 Å². The van der Waals surface area contributed by atoms with E-state index in [9.17, 15) is 17.6 Å². The van der Waals surface area contributed by atoms with Crippen molar-refractivity contribution in [2.45, 2.75) is 6.36 Å². The highest BCUT2D eigenvalue weighted by Crippen LogP contribution is 2.29. The van der Waals surface area contributed by atoms with Crippen molar-refractivity contribution in [3.05, 3.63) is 53.8 Å². The Morgan fingerprint density at radius 3 is 2.45 bits per heavy atom. The third-order valence-corrected chi connectivity index (χ3v) is 2.51. The Balaban J connectivity index is 2.44. The van der Waals surface area contributed by atoms with E-state index < -0.39 is 17.9 Å². The molecule has 0 spiro atoms. The predicted molar refractivity (Wildman–Crippen MR) is 66.5 cm³/mol. The van der Waals surface area contributed by atoms with E-state index in [0.29, 0.717) is 5.56 Å². The van der Waals surface area contributed by atoms with Gasteiger partial charge in [-0.1, -0.05) is 18.1 Å². The highest BCUT2D eigenvalue weighted by atomic mass is 19.4. The van der Waals surface area contributed by atoms with E-state index in [0.717, 1.165) is 12.1 Å². The molecule has 0 aromatic heterocycles. The van der Waals surface area contributed by atoms with Crippen molar-refractivity contribution in [3.63, 3.8) is 0 Å². The standard InChI is InChI=1S/C15H8F4O/c1-2-10-6-7-14(16)13(8-10)11-4-3-5-12(9-11)20-15(17,18)19/h1,3-9H. The van der Waals surface area contributed by atoms with E-state index in [2.05, 4.69) is 10.7 Å². The Bertz CT molecular complexity index is 668. The van der Waals surface area contributed by atoms with Crippen LogP contribution in [0.1, 0.15) is 5.56 Å². The molecule has 0 aliphatic heterocycles. The minimum atomic E-state index is -4.79. The van der Waals surface area contributed by atoms with Crippen LogP contribution in [0.5, 0.6) is 5.75 Å². The minimum Gasteiger partial charge on any atom is -0.406 e. The number of hydrogen-bond acceptors (Lipinski definition) is 1. The van der Waals surface area contributed by atoms with Crippen molar-refractivity contribution in [1.29, 1.82) is 0 Å². The van der Waals surface area contributed by atoms with Gasteiger partial charge in [0.15, 0.2) is 0 Å². The van der Waals surface area contributed by atoms with Crippen molar-refractivity contribution in [2.24, 2.45) is 0 Å². The summed E-state index contributed by atoms with van der Waals surface area (Å²) in [7, 11) is 0. The summed E-state index contributed by atoms with van der Waals surface area (Å²) >= 11 is 0. The monoisotopic (exact) mass is 280 g/mol. The summed E-state index contributed by atoms with van der Waals surface area (Å²) in [4.78, 5) is 0. The number of hydrogen-bond donors (Lipinski definition) is 0. The van der Waals surface area contributed by atoms with Gasteiger partial charge in [-0.15, -0.1) is 19.6 Å². The summed E-state index contributed by atoms with van der Waals surface area (Å²) in [6, 6.07) is 9.03. The van der Waals surface area contributed by atoms with E-state index in [4.69, 9.17) is 6.42 Å². The second-order valence-corrected chi connectivity index (χ2v) is 3.91. The van der Waals surface area contributed by atoms with Crippen LogP contribution in [0.15, 0.2) is 42.5 Å². The molecule has 0 bridgehead atoms. The van der Waals surface area contributed by atoms with Crippen LogP contribution in [0, 0.1) is 18.2 Å². The molecule has 0 N–H and O–H groups in total. The zero-order valence-corrected chi connectivity index (χ0v) is 10.0. The Morgan fingerprint density at radius 2 is 1.80 bits per heavy atom. The number of rotatable bonds is 2. The highest BCUT2D eigenvalue weighted by Gasteiger charge is 2.31. The molecule has 5 heteroatoms. The largest absolute Gasteiger partial charge is 0.573 e. The van der Waals surface area contributed by atoms with Gasteiger partial charge >= 0.3 is 6.36 Å². The lowest BCUT2D eigenvalue weighted by Gasteiger charge is -2.10. The van der Waals surface area contributed by atoms with Crippen LogP contribution in [0.3, 0.4) is 0 Å². The van der Waals surface area contributed by atoms with Crippen LogP contribution in [0.2, 0.25) is 0 Å². The third kappa shape index (κ3) is 3.29. The lowest BCUT2D eigenvalue weighted by Crippen LogP contribution is -2.17. The Labute approximate surface area is 112 Å². The SMILES string of the molecule is C#Cc1ccc(F)c(-c2cccc(OC(F)(F)F)c2)c1. The summed E-state index contributed by atoms with van der Waals surface area (Å²) in [6.07, 6.45) is 0.420. The Hall–Kier alpha value is -2.48. The van der Waals surface area contributed by atoms with E-state index >= 15 is 0 Å². The van der Waals surface area contributed by atoms with Gasteiger partial charge in [0.25, 0.3) is 0 Å². The lowest BCUT2D eigenvalue weighted by molar-refractivity contribution is -0.274. The quantitative estimate of drug-likeness (QED) is 0.586. The molecule has 0 amide bonds. The second-order valence-electron chi connectivity index (χ2n) is 3.91. The van der Waals surface area contributed by atoms with Gasteiger partial charge in [-0.25, -0.2) is 4.39 Å². The molecule has 0 aliphatic carbocycles. The van der Waals surface area contributed by atoms with Crippen molar-refractivity contribution in [2.75, 3.05) is 0 Å². The summed E-state index contributed by atoms with van der Waals surface area (Å²) in [5.41, 5.74) is 0.804. The van der Waals surface area contributed by atoms with Gasteiger partial charge in [-0.3, -0.25) is 0 Å². The summed E-state index contributed by atoms with van der Waals surface area (Å²) in [6.45, 7) is 0. The molecule has 0 radical (unpaired) electrons. The fourth-order valence-electron chi connectivity index (χ4n) is 1.70. The number of ether oxygens (including phenoxy) is 1. The zero-order chi connectivity index (χ0) is 14.8. The van der Waals surface area contributed by atoms with Crippen LogP contribution in [-0.2, 0) is 0 Å². The normalized spacial score (nSPS) is 10.9. The first kappa shape index (κ1) is 13.9. The first-order chi connectivity index (χ1) is 9.39. The van der Waals surface area contributed by atoms with Gasteiger partial charge < -0.3 is 4.74 Å². The summed E-state index contributed by atoms with van der Waals surface area (Å²) < 4.78 is 54.0. The van der Waals surface area contributed by atoms with E-state index in [1.54, 1.807) is 0 Å². The van der Waals surface area contributed by atoms with Crippen molar-refractivity contribution in [1.82, 2.24) is 0 Å². The molecule has 0 aliphatic rings. The average Bonchev–Trinajstić information content (AvgIpc) is 2.37. The molecule has 2 aromatic carbocycles. The maximum atomic E-state index is 13.7. The zero-order valence-electron chi connectivity index (χ0n) is 10.0. The van der Waals surface area contributed by atoms with Crippen LogP contribution in [0.25, 0.3) is 11.1 Å². The van der Waals surface area contributed by atoms with Crippen LogP contribution in [-0.4, -0.2) is 6.36 Å². The second kappa shape index (κ2) is 5.25. The number of terminal acetylenes is 1. The first-order valence-corrected chi connectivity index (χ1v) is 5.51. The molecule has 0 atom stereocenters. The smallest absolute Gasteiger partial charge is 0.406 e. The van der Waals surface area contributed by atoms with Gasteiger partial charge in [0, 0.05) is 11.1 Å². The van der Waals surface area contributed by atoms with Crippen LogP contribution >= 0.6 is 0 Å². The molecule has 20 heavy (non-hydrogen) atoms. The molecule has 0 fully saturated rings. The number of halogens is 4. The average molecular weight is 280 g/mol. The molecule has 0 unspecified atom stereocenters. The van der Waals surface area contributed by atoms with E-state index in [1.165, 1.54) is 30.3 Å². The molecule has 2 aromatic rings. The Kier molecular flexibility index (Phi) is 3.66. The molecule has 1 nitrogen and oxygen atoms in total. The lowest BCUT2D eigenvalue weighted by atomic mass is 10.0. The summed E-state index contributed by atoms with van der Waals surface area (Å²) in [5, 5.41) is 0. The topological polar surface area (TPSA) is 9.23 Å². The van der Waals surface area contributed by atoms with Gasteiger partial charge in [0.2, 0.25) is 0 Å². The van der Waals surface area contributed by atoms with Gasteiger partial charge in [-0.2, -0.15) is 0 Å². The molecule has 2 rings (SSSR count). The van der Waals surface area contributed by atoms with Gasteiger partial charge in [-0.05, 0) is 35.9 Å². The minimum absolute atomic E-state index is 0.119. The molecule has 0 saturated carbocycles. The fourth-order valence-corrected chi connectivity index (χ4v) is 1.70. The molecular formula is C15H8F4O. The van der Waals surface area contributed by atoms with Gasteiger partial charge in [0.1, 0.15) is 11.6 Å². The number of benzene rings is 2. The van der Waals surface area contributed by atoms with Crippen molar-refractivity contribution < 1.29 is 22.3 Å². The summed E-state index contributed by atoms with van der Waals surface area (Å²) in [5.74, 6) is 1.35.